The van der Waals surface area contributed by atoms with Crippen molar-refractivity contribution < 1.29 is 4.79 Å². The summed E-state index contributed by atoms with van der Waals surface area (Å²) < 4.78 is 0. The Bertz CT molecular complexity index is 389. The summed E-state index contributed by atoms with van der Waals surface area (Å²) in [6.45, 7) is 2.68. The van der Waals surface area contributed by atoms with Crippen LogP contribution >= 0.6 is 0 Å². The molecule has 1 aromatic carbocycles. The van der Waals surface area contributed by atoms with Crippen molar-refractivity contribution in [3.05, 3.63) is 29.8 Å². The molecule has 3 nitrogen and oxygen atoms in total. The van der Waals surface area contributed by atoms with E-state index < -0.39 is 0 Å². The number of aryl methyl sites for hydroxylation is 1. The van der Waals surface area contributed by atoms with Crippen LogP contribution in [0.3, 0.4) is 0 Å². The molecule has 0 aliphatic carbocycles. The zero-order valence-electron chi connectivity index (χ0n) is 9.65. The summed E-state index contributed by atoms with van der Waals surface area (Å²) >= 11 is 0. The Kier molecular flexibility index (Phi) is 3.25. The molecule has 1 amide bonds. The van der Waals surface area contributed by atoms with Gasteiger partial charge in [0, 0.05) is 18.2 Å². The van der Waals surface area contributed by atoms with Crippen LogP contribution < -0.4 is 10.6 Å². The number of nitrogens with two attached hydrogens (primary N) is 1. The van der Waals surface area contributed by atoms with Gasteiger partial charge in [0.05, 0.1) is 0 Å². The molecule has 0 bridgehead atoms. The molecule has 0 saturated carbocycles. The van der Waals surface area contributed by atoms with E-state index in [0.717, 1.165) is 18.5 Å². The third kappa shape index (κ3) is 2.09. The molecule has 16 heavy (non-hydrogen) atoms. The second kappa shape index (κ2) is 4.66. The van der Waals surface area contributed by atoms with Crippen LogP contribution in [0.5, 0.6) is 0 Å². The molecule has 1 aliphatic rings. The Morgan fingerprint density at radius 1 is 1.50 bits per heavy atom. The van der Waals surface area contributed by atoms with Crippen LogP contribution in [-0.4, -0.2) is 18.5 Å². The van der Waals surface area contributed by atoms with Gasteiger partial charge in [-0.05, 0) is 44.0 Å². The van der Waals surface area contributed by atoms with E-state index in [0.29, 0.717) is 19.0 Å². The first-order valence-corrected chi connectivity index (χ1v) is 5.81. The Balaban J connectivity index is 2.26. The third-order valence-electron chi connectivity index (χ3n) is 3.10. The number of benzene rings is 1. The van der Waals surface area contributed by atoms with Crippen molar-refractivity contribution in [2.75, 3.05) is 11.4 Å². The summed E-state index contributed by atoms with van der Waals surface area (Å²) in [7, 11) is 0. The lowest BCUT2D eigenvalue weighted by Gasteiger charge is -2.24. The summed E-state index contributed by atoms with van der Waals surface area (Å²) in [5.74, 6) is 0.226. The fourth-order valence-corrected chi connectivity index (χ4v) is 2.34. The molecular formula is C13H18N2O. The average Bonchev–Trinajstić information content (AvgIpc) is 2.60. The average molecular weight is 218 g/mol. The highest BCUT2D eigenvalue weighted by molar-refractivity contribution is 5.96. The number of carbonyl (C=O) groups excluding carboxylic acids is 1. The standard InChI is InChI=1S/C13H18N2O/c1-10-3-2-4-12(9-10)15-11(7-8-14)5-6-13(15)16/h2-4,9,11H,5-8,14H2,1H3. The lowest BCUT2D eigenvalue weighted by molar-refractivity contribution is -0.117. The van der Waals surface area contributed by atoms with E-state index in [2.05, 4.69) is 6.07 Å². The molecule has 1 unspecified atom stereocenters. The predicted octanol–water partition coefficient (Wildman–Crippen LogP) is 1.84. The molecule has 1 aliphatic heterocycles. The third-order valence-corrected chi connectivity index (χ3v) is 3.10. The Labute approximate surface area is 96.2 Å². The zero-order chi connectivity index (χ0) is 11.5. The Morgan fingerprint density at radius 3 is 3.00 bits per heavy atom. The van der Waals surface area contributed by atoms with Gasteiger partial charge in [0.15, 0.2) is 0 Å². The number of anilines is 1. The van der Waals surface area contributed by atoms with Crippen LogP contribution in [0, 0.1) is 6.92 Å². The molecule has 1 saturated heterocycles. The van der Waals surface area contributed by atoms with Gasteiger partial charge in [0.25, 0.3) is 0 Å². The van der Waals surface area contributed by atoms with E-state index in [-0.39, 0.29) is 5.91 Å². The van der Waals surface area contributed by atoms with Crippen LogP contribution in [0.1, 0.15) is 24.8 Å². The fraction of sp³-hybridized carbons (Fsp3) is 0.462. The van der Waals surface area contributed by atoms with Gasteiger partial charge in [-0.3, -0.25) is 4.79 Å². The monoisotopic (exact) mass is 218 g/mol. The molecule has 86 valence electrons. The minimum Gasteiger partial charge on any atom is -0.330 e. The second-order valence-electron chi connectivity index (χ2n) is 4.37. The van der Waals surface area contributed by atoms with E-state index in [1.807, 2.05) is 30.0 Å². The Morgan fingerprint density at radius 2 is 2.31 bits per heavy atom. The highest BCUT2D eigenvalue weighted by Crippen LogP contribution is 2.28. The number of carbonyl (C=O) groups is 1. The quantitative estimate of drug-likeness (QED) is 0.841. The fourth-order valence-electron chi connectivity index (χ4n) is 2.34. The first-order chi connectivity index (χ1) is 7.72. The number of hydrogen-bond donors (Lipinski definition) is 1. The normalized spacial score (nSPS) is 20.5. The molecule has 2 rings (SSSR count). The maximum absolute atomic E-state index is 11.9. The maximum atomic E-state index is 11.9. The van der Waals surface area contributed by atoms with Gasteiger partial charge in [-0.1, -0.05) is 12.1 Å². The van der Waals surface area contributed by atoms with Crippen LogP contribution in [-0.2, 0) is 4.79 Å². The smallest absolute Gasteiger partial charge is 0.227 e. The summed E-state index contributed by atoms with van der Waals surface area (Å²) in [6, 6.07) is 8.39. The first kappa shape index (κ1) is 11.1. The van der Waals surface area contributed by atoms with Gasteiger partial charge >= 0.3 is 0 Å². The molecule has 2 N–H and O–H groups in total. The lowest BCUT2D eigenvalue weighted by atomic mass is 10.1. The van der Waals surface area contributed by atoms with Crippen molar-refractivity contribution in [1.29, 1.82) is 0 Å². The van der Waals surface area contributed by atoms with E-state index >= 15 is 0 Å². The van der Waals surface area contributed by atoms with Crippen molar-refractivity contribution in [3.8, 4) is 0 Å². The van der Waals surface area contributed by atoms with Gasteiger partial charge in [-0.15, -0.1) is 0 Å². The zero-order valence-corrected chi connectivity index (χ0v) is 9.65. The number of nitrogens with zero attached hydrogens (tertiary/aromatic N) is 1. The molecule has 0 spiro atoms. The van der Waals surface area contributed by atoms with Crippen molar-refractivity contribution in [3.63, 3.8) is 0 Å². The SMILES string of the molecule is Cc1cccc(N2C(=O)CCC2CCN)c1. The largest absolute Gasteiger partial charge is 0.330 e. The lowest BCUT2D eigenvalue weighted by Crippen LogP contribution is -2.34. The van der Waals surface area contributed by atoms with E-state index in [9.17, 15) is 4.79 Å². The molecule has 1 atom stereocenters. The highest BCUT2D eigenvalue weighted by Gasteiger charge is 2.31. The van der Waals surface area contributed by atoms with Crippen molar-refractivity contribution >= 4 is 11.6 Å². The minimum atomic E-state index is 0.226. The summed E-state index contributed by atoms with van der Waals surface area (Å²) in [5.41, 5.74) is 7.78. The predicted molar refractivity (Wildman–Crippen MR) is 65.4 cm³/mol. The molecule has 0 aromatic heterocycles. The molecular weight excluding hydrogens is 200 g/mol. The molecule has 1 fully saturated rings. The number of rotatable bonds is 3. The van der Waals surface area contributed by atoms with E-state index in [1.165, 1.54) is 5.56 Å². The topological polar surface area (TPSA) is 46.3 Å². The molecule has 0 radical (unpaired) electrons. The summed E-state index contributed by atoms with van der Waals surface area (Å²) in [6.07, 6.45) is 2.47. The summed E-state index contributed by atoms with van der Waals surface area (Å²) in [5, 5.41) is 0. The molecule has 1 heterocycles. The highest BCUT2D eigenvalue weighted by atomic mass is 16.2. The van der Waals surface area contributed by atoms with Crippen molar-refractivity contribution in [2.45, 2.75) is 32.2 Å². The first-order valence-electron chi connectivity index (χ1n) is 5.81. The van der Waals surface area contributed by atoms with E-state index in [4.69, 9.17) is 5.73 Å². The van der Waals surface area contributed by atoms with Crippen molar-refractivity contribution in [2.24, 2.45) is 5.73 Å². The van der Waals surface area contributed by atoms with Crippen LogP contribution in [0.2, 0.25) is 0 Å². The number of amides is 1. The van der Waals surface area contributed by atoms with Crippen molar-refractivity contribution in [1.82, 2.24) is 0 Å². The molecule has 3 heteroatoms. The van der Waals surface area contributed by atoms with Gasteiger partial charge in [-0.25, -0.2) is 0 Å². The minimum absolute atomic E-state index is 0.226. The Hall–Kier alpha value is -1.35. The number of hydrogen-bond acceptors (Lipinski definition) is 2. The molecule has 1 aromatic rings. The van der Waals surface area contributed by atoms with Crippen LogP contribution in [0.4, 0.5) is 5.69 Å². The maximum Gasteiger partial charge on any atom is 0.227 e. The van der Waals surface area contributed by atoms with Crippen LogP contribution in [0.15, 0.2) is 24.3 Å². The van der Waals surface area contributed by atoms with E-state index in [1.54, 1.807) is 0 Å². The van der Waals surface area contributed by atoms with Gasteiger partial charge < -0.3 is 10.6 Å². The van der Waals surface area contributed by atoms with Crippen LogP contribution in [0.25, 0.3) is 0 Å². The van der Waals surface area contributed by atoms with Gasteiger partial charge in [0.2, 0.25) is 5.91 Å². The summed E-state index contributed by atoms with van der Waals surface area (Å²) in [4.78, 5) is 13.8. The second-order valence-corrected chi connectivity index (χ2v) is 4.37. The van der Waals surface area contributed by atoms with Gasteiger partial charge in [0.1, 0.15) is 0 Å². The van der Waals surface area contributed by atoms with Gasteiger partial charge in [-0.2, -0.15) is 0 Å².